The Morgan fingerprint density at radius 1 is 1.29 bits per heavy atom. The fourth-order valence-corrected chi connectivity index (χ4v) is 2.21. The van der Waals surface area contributed by atoms with Gasteiger partial charge in [-0.3, -0.25) is 0 Å². The third-order valence-corrected chi connectivity index (χ3v) is 3.04. The molecule has 0 amide bonds. The number of thiophene rings is 1. The molecule has 0 fully saturated rings. The molecule has 14 heavy (non-hydrogen) atoms. The maximum absolute atomic E-state index is 3.65. The minimum atomic E-state index is 0.984. The zero-order chi connectivity index (χ0) is 9.80. The van der Waals surface area contributed by atoms with Crippen LogP contribution in [0.25, 0.3) is 10.1 Å². The SMILES string of the molecule is C=CC=CCc1ccc2sccc2c1. The van der Waals surface area contributed by atoms with Crippen LogP contribution >= 0.6 is 11.3 Å². The van der Waals surface area contributed by atoms with Crippen LogP contribution in [0.4, 0.5) is 0 Å². The number of hydrogen-bond donors (Lipinski definition) is 0. The molecule has 0 radical (unpaired) electrons. The van der Waals surface area contributed by atoms with Crippen molar-refractivity contribution in [3.63, 3.8) is 0 Å². The summed E-state index contributed by atoms with van der Waals surface area (Å²) in [4.78, 5) is 0. The van der Waals surface area contributed by atoms with Gasteiger partial charge in [0.2, 0.25) is 0 Å². The smallest absolute Gasteiger partial charge is 0.0342 e. The average Bonchev–Trinajstić information content (AvgIpc) is 2.65. The first-order valence-electron chi connectivity index (χ1n) is 4.64. The summed E-state index contributed by atoms with van der Waals surface area (Å²) in [5.41, 5.74) is 1.36. The van der Waals surface area contributed by atoms with E-state index in [-0.39, 0.29) is 0 Å². The van der Waals surface area contributed by atoms with Crippen LogP contribution in [0.1, 0.15) is 5.56 Å². The second-order valence-electron chi connectivity index (χ2n) is 3.16. The van der Waals surface area contributed by atoms with E-state index >= 15 is 0 Å². The average molecular weight is 200 g/mol. The highest BCUT2D eigenvalue weighted by molar-refractivity contribution is 7.17. The molecule has 0 unspecified atom stereocenters. The van der Waals surface area contributed by atoms with Gasteiger partial charge >= 0.3 is 0 Å². The topological polar surface area (TPSA) is 0 Å². The largest absolute Gasteiger partial charge is 0.144 e. The van der Waals surface area contributed by atoms with Gasteiger partial charge < -0.3 is 0 Å². The standard InChI is InChI=1S/C13H12S/c1-2-3-4-5-11-6-7-13-12(10-11)8-9-14-13/h2-4,6-10H,1,5H2. The highest BCUT2D eigenvalue weighted by atomic mass is 32.1. The summed E-state index contributed by atoms with van der Waals surface area (Å²) in [6, 6.07) is 8.79. The quantitative estimate of drug-likeness (QED) is 0.652. The predicted octanol–water partition coefficient (Wildman–Crippen LogP) is 4.19. The number of allylic oxidation sites excluding steroid dienone is 3. The van der Waals surface area contributed by atoms with E-state index in [1.165, 1.54) is 15.6 Å². The van der Waals surface area contributed by atoms with Crippen molar-refractivity contribution >= 4 is 21.4 Å². The van der Waals surface area contributed by atoms with Crippen LogP contribution < -0.4 is 0 Å². The maximum atomic E-state index is 3.65. The molecule has 0 saturated heterocycles. The highest BCUT2D eigenvalue weighted by Gasteiger charge is 1.95. The van der Waals surface area contributed by atoms with E-state index in [1.807, 2.05) is 12.2 Å². The summed E-state index contributed by atoms with van der Waals surface area (Å²) in [7, 11) is 0. The zero-order valence-corrected chi connectivity index (χ0v) is 8.76. The zero-order valence-electron chi connectivity index (χ0n) is 7.94. The lowest BCUT2D eigenvalue weighted by Crippen LogP contribution is -1.78. The molecular formula is C13H12S. The van der Waals surface area contributed by atoms with Gasteiger partial charge in [0.25, 0.3) is 0 Å². The van der Waals surface area contributed by atoms with Gasteiger partial charge in [-0.2, -0.15) is 0 Å². The molecule has 1 aromatic carbocycles. The third-order valence-electron chi connectivity index (χ3n) is 2.14. The number of fused-ring (bicyclic) bond motifs is 1. The monoisotopic (exact) mass is 200 g/mol. The first-order valence-corrected chi connectivity index (χ1v) is 5.52. The number of rotatable bonds is 3. The summed E-state index contributed by atoms with van der Waals surface area (Å²) >= 11 is 1.79. The van der Waals surface area contributed by atoms with E-state index in [1.54, 1.807) is 11.3 Å². The van der Waals surface area contributed by atoms with E-state index in [2.05, 4.69) is 42.3 Å². The molecular weight excluding hydrogens is 188 g/mol. The van der Waals surface area contributed by atoms with Gasteiger partial charge in [-0.05, 0) is 40.9 Å². The Labute approximate surface area is 88.2 Å². The molecule has 2 rings (SSSR count). The van der Waals surface area contributed by atoms with Gasteiger partial charge in [0.15, 0.2) is 0 Å². The minimum Gasteiger partial charge on any atom is -0.144 e. The summed E-state index contributed by atoms with van der Waals surface area (Å²) in [6.45, 7) is 3.65. The van der Waals surface area contributed by atoms with E-state index in [0.29, 0.717) is 0 Å². The van der Waals surface area contributed by atoms with Crippen molar-refractivity contribution in [1.29, 1.82) is 0 Å². The molecule has 2 aromatic rings. The fourth-order valence-electron chi connectivity index (χ4n) is 1.44. The Morgan fingerprint density at radius 2 is 2.21 bits per heavy atom. The second kappa shape index (κ2) is 4.25. The first kappa shape index (κ1) is 9.22. The maximum Gasteiger partial charge on any atom is 0.0342 e. The molecule has 0 nitrogen and oxygen atoms in total. The van der Waals surface area contributed by atoms with Gasteiger partial charge in [-0.15, -0.1) is 11.3 Å². The van der Waals surface area contributed by atoms with Crippen LogP contribution in [-0.4, -0.2) is 0 Å². The van der Waals surface area contributed by atoms with Crippen molar-refractivity contribution < 1.29 is 0 Å². The Kier molecular flexibility index (Phi) is 2.80. The summed E-state index contributed by atoms with van der Waals surface area (Å²) in [5, 5.41) is 3.48. The summed E-state index contributed by atoms with van der Waals surface area (Å²) in [6.07, 6.45) is 6.90. The van der Waals surface area contributed by atoms with Crippen molar-refractivity contribution in [2.75, 3.05) is 0 Å². The molecule has 0 N–H and O–H groups in total. The predicted molar refractivity (Wildman–Crippen MR) is 64.9 cm³/mol. The van der Waals surface area contributed by atoms with Crippen molar-refractivity contribution in [2.45, 2.75) is 6.42 Å². The van der Waals surface area contributed by atoms with Crippen LogP contribution in [0, 0.1) is 0 Å². The van der Waals surface area contributed by atoms with Crippen molar-refractivity contribution in [2.24, 2.45) is 0 Å². The third kappa shape index (κ3) is 1.94. The highest BCUT2D eigenvalue weighted by Crippen LogP contribution is 2.21. The lowest BCUT2D eigenvalue weighted by atomic mass is 10.1. The van der Waals surface area contributed by atoms with Crippen molar-refractivity contribution in [3.8, 4) is 0 Å². The molecule has 0 aliphatic heterocycles. The van der Waals surface area contributed by atoms with Gasteiger partial charge in [0, 0.05) is 4.70 Å². The first-order chi connectivity index (χ1) is 6.90. The summed E-state index contributed by atoms with van der Waals surface area (Å²) in [5.74, 6) is 0. The van der Waals surface area contributed by atoms with Crippen LogP contribution in [0.3, 0.4) is 0 Å². The molecule has 0 aliphatic rings. The van der Waals surface area contributed by atoms with E-state index in [0.717, 1.165) is 6.42 Å². The molecule has 0 atom stereocenters. The van der Waals surface area contributed by atoms with Crippen LogP contribution in [0.2, 0.25) is 0 Å². The van der Waals surface area contributed by atoms with Crippen molar-refractivity contribution in [1.82, 2.24) is 0 Å². The van der Waals surface area contributed by atoms with Crippen molar-refractivity contribution in [3.05, 3.63) is 60.0 Å². The van der Waals surface area contributed by atoms with E-state index < -0.39 is 0 Å². The second-order valence-corrected chi connectivity index (χ2v) is 4.11. The molecule has 0 spiro atoms. The Bertz CT molecular complexity index is 463. The molecule has 0 saturated carbocycles. The molecule has 1 heterocycles. The van der Waals surface area contributed by atoms with Gasteiger partial charge in [-0.25, -0.2) is 0 Å². The number of hydrogen-bond acceptors (Lipinski definition) is 1. The molecule has 0 bridgehead atoms. The lowest BCUT2D eigenvalue weighted by molar-refractivity contribution is 1.28. The Morgan fingerprint density at radius 3 is 3.07 bits per heavy atom. The molecule has 1 heteroatoms. The molecule has 70 valence electrons. The van der Waals surface area contributed by atoms with E-state index in [9.17, 15) is 0 Å². The van der Waals surface area contributed by atoms with E-state index in [4.69, 9.17) is 0 Å². The lowest BCUT2D eigenvalue weighted by Gasteiger charge is -1.96. The van der Waals surface area contributed by atoms with Gasteiger partial charge in [0.1, 0.15) is 0 Å². The Hall–Kier alpha value is -1.34. The van der Waals surface area contributed by atoms with Crippen LogP contribution in [0.5, 0.6) is 0 Å². The minimum absolute atomic E-state index is 0.984. The fraction of sp³-hybridized carbons (Fsp3) is 0.0769. The Balaban J connectivity index is 2.25. The molecule has 0 aliphatic carbocycles. The van der Waals surface area contributed by atoms with Gasteiger partial charge in [0.05, 0.1) is 0 Å². The van der Waals surface area contributed by atoms with Crippen LogP contribution in [-0.2, 0) is 6.42 Å². The number of benzene rings is 1. The summed E-state index contributed by atoms with van der Waals surface area (Å²) < 4.78 is 1.36. The van der Waals surface area contributed by atoms with Gasteiger partial charge in [-0.1, -0.05) is 30.9 Å². The normalized spacial score (nSPS) is 11.1. The molecule has 1 aromatic heterocycles. The van der Waals surface area contributed by atoms with Crippen LogP contribution in [0.15, 0.2) is 54.5 Å².